The number of fused-ring (bicyclic) bond motifs is 1. The van der Waals surface area contributed by atoms with Crippen LogP contribution in [0.1, 0.15) is 86.5 Å². The molecule has 0 bridgehead atoms. The van der Waals surface area contributed by atoms with Crippen molar-refractivity contribution in [2.75, 3.05) is 13.7 Å². The Morgan fingerprint density at radius 3 is 2.73 bits per heavy atom. The largest absolute Gasteiger partial charge is 0.497 e. The van der Waals surface area contributed by atoms with Gasteiger partial charge in [0.2, 0.25) is 0 Å². The van der Waals surface area contributed by atoms with Gasteiger partial charge in [0.25, 0.3) is 0 Å². The van der Waals surface area contributed by atoms with Gasteiger partial charge in [-0.3, -0.25) is 4.99 Å². The molecule has 2 aromatic rings. The maximum absolute atomic E-state index is 5.41. The lowest BCUT2D eigenvalue weighted by Gasteiger charge is -2.33. The van der Waals surface area contributed by atoms with Crippen LogP contribution in [-0.2, 0) is 12.8 Å². The van der Waals surface area contributed by atoms with Crippen LogP contribution in [0.25, 0.3) is 5.70 Å². The number of ether oxygens (including phenoxy) is 1. The quantitative estimate of drug-likeness (QED) is 0.491. The Bertz CT molecular complexity index is 1050. The van der Waals surface area contributed by atoms with E-state index in [9.17, 15) is 0 Å². The van der Waals surface area contributed by atoms with Gasteiger partial charge in [-0.05, 0) is 86.3 Å². The van der Waals surface area contributed by atoms with Crippen LogP contribution < -0.4 is 4.74 Å². The standard InChI is InChI=1S/C30H38N2O/c1-22-27-14-13-26(33-3)21-25(27)17-20-32(22)29-16-19-30(2,31-29)18-15-24-11-7-8-12-28(24)23-9-5-4-6-10-23/h7-8,11-14,21,23H,1,4-6,9-10,15-20H2,2-3H3. The Hall–Kier alpha value is -2.55. The topological polar surface area (TPSA) is 24.8 Å². The Kier molecular flexibility index (Phi) is 6.32. The molecule has 1 atom stereocenters. The Morgan fingerprint density at radius 1 is 1.09 bits per heavy atom. The number of hydrogen-bond acceptors (Lipinski definition) is 3. The molecular weight excluding hydrogens is 404 g/mol. The van der Waals surface area contributed by atoms with Gasteiger partial charge in [-0.15, -0.1) is 0 Å². The van der Waals surface area contributed by atoms with Crippen molar-refractivity contribution < 1.29 is 4.74 Å². The van der Waals surface area contributed by atoms with Gasteiger partial charge in [0, 0.05) is 24.2 Å². The number of aryl methyl sites for hydroxylation is 1. The average molecular weight is 443 g/mol. The van der Waals surface area contributed by atoms with Gasteiger partial charge >= 0.3 is 0 Å². The second kappa shape index (κ2) is 9.37. The second-order valence-electron chi connectivity index (χ2n) is 10.4. The van der Waals surface area contributed by atoms with Crippen LogP contribution in [0.5, 0.6) is 5.75 Å². The molecule has 1 fully saturated rings. The summed E-state index contributed by atoms with van der Waals surface area (Å²) < 4.78 is 5.41. The smallest absolute Gasteiger partial charge is 0.119 e. The van der Waals surface area contributed by atoms with Gasteiger partial charge in [-0.25, -0.2) is 0 Å². The van der Waals surface area contributed by atoms with Crippen molar-refractivity contribution in [2.45, 2.75) is 82.6 Å². The van der Waals surface area contributed by atoms with Crippen molar-refractivity contribution in [3.63, 3.8) is 0 Å². The molecule has 0 radical (unpaired) electrons. The third-order valence-electron chi connectivity index (χ3n) is 8.18. The van der Waals surface area contributed by atoms with E-state index in [-0.39, 0.29) is 5.54 Å². The van der Waals surface area contributed by atoms with Crippen LogP contribution in [0.15, 0.2) is 54.0 Å². The first-order valence-corrected chi connectivity index (χ1v) is 12.9. The van der Waals surface area contributed by atoms with Gasteiger partial charge in [0.05, 0.1) is 12.6 Å². The van der Waals surface area contributed by atoms with Crippen molar-refractivity contribution in [1.29, 1.82) is 0 Å². The maximum atomic E-state index is 5.41. The second-order valence-corrected chi connectivity index (χ2v) is 10.4. The van der Waals surface area contributed by atoms with Crippen LogP contribution in [-0.4, -0.2) is 29.9 Å². The summed E-state index contributed by atoms with van der Waals surface area (Å²) in [5.41, 5.74) is 6.84. The van der Waals surface area contributed by atoms with Crippen LogP contribution in [0.3, 0.4) is 0 Å². The fraction of sp³-hybridized carbons (Fsp3) is 0.500. The highest BCUT2D eigenvalue weighted by Crippen LogP contribution is 2.38. The highest BCUT2D eigenvalue weighted by molar-refractivity contribution is 5.93. The minimum Gasteiger partial charge on any atom is -0.497 e. The molecule has 0 amide bonds. The molecule has 3 nitrogen and oxygen atoms in total. The van der Waals surface area contributed by atoms with E-state index < -0.39 is 0 Å². The average Bonchev–Trinajstić information content (AvgIpc) is 3.25. The van der Waals surface area contributed by atoms with Gasteiger partial charge < -0.3 is 9.64 Å². The predicted octanol–water partition coefficient (Wildman–Crippen LogP) is 7.16. The van der Waals surface area contributed by atoms with Gasteiger partial charge in [0.15, 0.2) is 0 Å². The van der Waals surface area contributed by atoms with Gasteiger partial charge in [0.1, 0.15) is 11.6 Å². The summed E-state index contributed by atoms with van der Waals surface area (Å²) in [6.45, 7) is 7.76. The Balaban J connectivity index is 1.28. The molecule has 2 heterocycles. The van der Waals surface area contributed by atoms with E-state index in [0.29, 0.717) is 0 Å². The first kappa shape index (κ1) is 22.3. The number of hydrogen-bond donors (Lipinski definition) is 0. The summed E-state index contributed by atoms with van der Waals surface area (Å²) in [6.07, 6.45) is 12.3. The van der Waals surface area contributed by atoms with E-state index >= 15 is 0 Å². The third-order valence-corrected chi connectivity index (χ3v) is 8.18. The first-order valence-electron chi connectivity index (χ1n) is 12.9. The molecule has 1 unspecified atom stereocenters. The van der Waals surface area contributed by atoms with E-state index in [1.54, 1.807) is 18.2 Å². The molecule has 5 rings (SSSR count). The monoisotopic (exact) mass is 442 g/mol. The lowest BCUT2D eigenvalue weighted by atomic mass is 9.80. The third kappa shape index (κ3) is 4.60. The van der Waals surface area contributed by atoms with Crippen LogP contribution in [0.2, 0.25) is 0 Å². The fourth-order valence-corrected chi connectivity index (χ4v) is 6.14. The summed E-state index contributed by atoms with van der Waals surface area (Å²) in [6, 6.07) is 15.6. The van der Waals surface area contributed by atoms with E-state index in [1.165, 1.54) is 49.1 Å². The summed E-state index contributed by atoms with van der Waals surface area (Å²) in [5.74, 6) is 2.92. The summed E-state index contributed by atoms with van der Waals surface area (Å²) in [5, 5.41) is 0. The molecule has 1 saturated carbocycles. The van der Waals surface area contributed by atoms with Crippen LogP contribution >= 0.6 is 0 Å². The summed E-state index contributed by atoms with van der Waals surface area (Å²) in [7, 11) is 1.73. The SMILES string of the molecule is C=C1c2ccc(OC)cc2CCN1C1=NC(C)(CCc2ccccc2C2CCCCC2)CC1. The minimum absolute atomic E-state index is 0.0233. The molecule has 0 aromatic heterocycles. The molecule has 0 spiro atoms. The molecule has 0 N–H and O–H groups in total. The van der Waals surface area contributed by atoms with E-state index in [1.807, 2.05) is 6.07 Å². The van der Waals surface area contributed by atoms with E-state index in [0.717, 1.165) is 56.0 Å². The zero-order chi connectivity index (χ0) is 22.8. The maximum Gasteiger partial charge on any atom is 0.119 e. The number of amidine groups is 1. The van der Waals surface area contributed by atoms with Gasteiger partial charge in [-0.2, -0.15) is 0 Å². The van der Waals surface area contributed by atoms with Crippen molar-refractivity contribution in [3.8, 4) is 5.75 Å². The molecule has 2 aromatic carbocycles. The summed E-state index contributed by atoms with van der Waals surface area (Å²) >= 11 is 0. The van der Waals surface area contributed by atoms with Crippen molar-refractivity contribution >= 4 is 11.5 Å². The fourth-order valence-electron chi connectivity index (χ4n) is 6.14. The molecule has 3 heteroatoms. The van der Waals surface area contributed by atoms with Crippen molar-refractivity contribution in [2.24, 2.45) is 4.99 Å². The van der Waals surface area contributed by atoms with Gasteiger partial charge in [-0.1, -0.05) is 50.1 Å². The molecule has 33 heavy (non-hydrogen) atoms. The van der Waals surface area contributed by atoms with E-state index in [4.69, 9.17) is 9.73 Å². The molecular formula is C30H38N2O. The minimum atomic E-state index is 0.0233. The molecule has 3 aliphatic rings. The van der Waals surface area contributed by atoms with E-state index in [2.05, 4.69) is 54.8 Å². The number of methoxy groups -OCH3 is 1. The molecule has 174 valence electrons. The number of rotatable bonds is 5. The highest BCUT2D eigenvalue weighted by Gasteiger charge is 2.34. The number of benzene rings is 2. The van der Waals surface area contributed by atoms with Crippen LogP contribution in [0.4, 0.5) is 0 Å². The van der Waals surface area contributed by atoms with Crippen LogP contribution in [0, 0.1) is 0 Å². The van der Waals surface area contributed by atoms with Crippen molar-refractivity contribution in [1.82, 2.24) is 4.90 Å². The highest BCUT2D eigenvalue weighted by atomic mass is 16.5. The lowest BCUT2D eigenvalue weighted by molar-refractivity contribution is 0.413. The zero-order valence-corrected chi connectivity index (χ0v) is 20.4. The summed E-state index contributed by atoms with van der Waals surface area (Å²) in [4.78, 5) is 7.69. The first-order chi connectivity index (χ1) is 16.1. The molecule has 0 saturated heterocycles. The number of nitrogens with zero attached hydrogens (tertiary/aromatic N) is 2. The molecule has 2 aliphatic heterocycles. The predicted molar refractivity (Wildman–Crippen MR) is 138 cm³/mol. The zero-order valence-electron chi connectivity index (χ0n) is 20.4. The molecule has 1 aliphatic carbocycles. The number of aliphatic imine (C=N–C) groups is 1. The lowest BCUT2D eigenvalue weighted by Crippen LogP contribution is -2.33. The Labute approximate surface area is 199 Å². The van der Waals surface area contributed by atoms with Crippen molar-refractivity contribution in [3.05, 3.63) is 71.3 Å². The Morgan fingerprint density at radius 2 is 1.91 bits per heavy atom. The normalized spacial score (nSPS) is 23.4.